The first-order valence-electron chi connectivity index (χ1n) is 6.00. The summed E-state index contributed by atoms with van der Waals surface area (Å²) in [7, 11) is -3.50. The monoisotopic (exact) mass is 294 g/mol. The van der Waals surface area contributed by atoms with Crippen molar-refractivity contribution in [1.29, 1.82) is 0 Å². The van der Waals surface area contributed by atoms with Crippen molar-refractivity contribution < 1.29 is 22.7 Å². The summed E-state index contributed by atoms with van der Waals surface area (Å²) in [4.78, 5) is 22.8. The van der Waals surface area contributed by atoms with Crippen molar-refractivity contribution >= 4 is 21.8 Å². The van der Waals surface area contributed by atoms with Gasteiger partial charge in [-0.3, -0.25) is 10.2 Å². The zero-order valence-corrected chi connectivity index (χ0v) is 12.8. The van der Waals surface area contributed by atoms with Crippen molar-refractivity contribution in [2.24, 2.45) is 0 Å². The van der Waals surface area contributed by atoms with E-state index in [1.54, 1.807) is 27.7 Å². The van der Waals surface area contributed by atoms with Crippen LogP contribution in [0.25, 0.3) is 0 Å². The Kier molecular flexibility index (Phi) is 6.28. The molecule has 0 bridgehead atoms. The molecule has 0 heterocycles. The van der Waals surface area contributed by atoms with Gasteiger partial charge in [0.15, 0.2) is 9.84 Å². The van der Waals surface area contributed by atoms with Crippen LogP contribution in [0.5, 0.6) is 0 Å². The van der Waals surface area contributed by atoms with Crippen LogP contribution in [0.1, 0.15) is 41.0 Å². The molecule has 19 heavy (non-hydrogen) atoms. The van der Waals surface area contributed by atoms with Crippen molar-refractivity contribution in [3.63, 3.8) is 0 Å². The van der Waals surface area contributed by atoms with Crippen molar-refractivity contribution in [3.05, 3.63) is 0 Å². The average molecular weight is 294 g/mol. The molecule has 0 radical (unpaired) electrons. The average Bonchev–Trinajstić information content (AvgIpc) is 2.22. The fraction of sp³-hybridized carbons (Fsp3) is 0.818. The number of hydrogen-bond acceptors (Lipinski definition) is 5. The lowest BCUT2D eigenvalue weighted by Crippen LogP contribution is -2.49. The summed E-state index contributed by atoms with van der Waals surface area (Å²) in [6, 6.07) is 0. The van der Waals surface area contributed by atoms with E-state index in [1.807, 2.05) is 10.9 Å². The molecule has 0 saturated carbocycles. The number of carbonyl (C=O) groups is 2. The molecule has 112 valence electrons. The zero-order chi connectivity index (χ0) is 15.3. The van der Waals surface area contributed by atoms with Crippen LogP contribution in [0.2, 0.25) is 0 Å². The molecule has 0 aliphatic rings. The second-order valence-electron chi connectivity index (χ2n) is 5.13. The maximum absolute atomic E-state index is 11.6. The van der Waals surface area contributed by atoms with E-state index in [0.29, 0.717) is 6.42 Å². The van der Waals surface area contributed by atoms with E-state index in [1.165, 1.54) is 6.92 Å². The molecule has 2 N–H and O–H groups in total. The van der Waals surface area contributed by atoms with Gasteiger partial charge < -0.3 is 4.74 Å². The first-order valence-corrected chi connectivity index (χ1v) is 7.71. The number of amides is 2. The minimum Gasteiger partial charge on any atom is -0.443 e. The molecule has 0 rings (SSSR count). The predicted molar refractivity (Wildman–Crippen MR) is 71.1 cm³/mol. The third-order valence-electron chi connectivity index (χ3n) is 2.08. The predicted octanol–water partition coefficient (Wildman–Crippen LogP) is 0.756. The minimum atomic E-state index is -3.50. The lowest BCUT2D eigenvalue weighted by molar-refractivity contribution is -0.121. The highest BCUT2D eigenvalue weighted by Gasteiger charge is 2.27. The van der Waals surface area contributed by atoms with E-state index in [4.69, 9.17) is 4.74 Å². The Bertz CT molecular complexity index is 425. The molecule has 0 unspecified atom stereocenters. The Balaban J connectivity index is 4.37. The maximum atomic E-state index is 11.6. The molecule has 0 aliphatic carbocycles. The fourth-order valence-electron chi connectivity index (χ4n) is 1.14. The Labute approximate surface area is 114 Å². The largest absolute Gasteiger partial charge is 0.443 e. The number of ether oxygens (including phenoxy) is 1. The first kappa shape index (κ1) is 17.7. The standard InChI is InChI=1S/C11H22N2O5S/c1-6-7-19(16,17)8(2)9(14)12-13-10(15)18-11(3,4)5/h8H,6-7H2,1-5H3,(H,12,14)(H,13,15)/t8-/m0/s1. The number of hydrazine groups is 1. The van der Waals surface area contributed by atoms with Gasteiger partial charge in [-0.1, -0.05) is 6.92 Å². The molecule has 7 nitrogen and oxygen atoms in total. The van der Waals surface area contributed by atoms with Crippen LogP contribution in [0, 0.1) is 0 Å². The quantitative estimate of drug-likeness (QED) is 0.745. The molecule has 1 atom stereocenters. The highest BCUT2D eigenvalue weighted by molar-refractivity contribution is 7.92. The Morgan fingerprint density at radius 3 is 2.16 bits per heavy atom. The number of rotatable bonds is 4. The molecule has 2 amide bonds. The van der Waals surface area contributed by atoms with Gasteiger partial charge in [0.2, 0.25) is 0 Å². The van der Waals surface area contributed by atoms with Crippen LogP contribution in [0.15, 0.2) is 0 Å². The maximum Gasteiger partial charge on any atom is 0.426 e. The molecule has 0 aromatic rings. The highest BCUT2D eigenvalue weighted by atomic mass is 32.2. The second-order valence-corrected chi connectivity index (χ2v) is 7.57. The van der Waals surface area contributed by atoms with E-state index in [9.17, 15) is 18.0 Å². The van der Waals surface area contributed by atoms with Gasteiger partial charge in [-0.05, 0) is 34.1 Å². The third-order valence-corrected chi connectivity index (χ3v) is 4.35. The van der Waals surface area contributed by atoms with E-state index in [-0.39, 0.29) is 5.75 Å². The number of hydrogen-bond donors (Lipinski definition) is 2. The van der Waals surface area contributed by atoms with Crippen molar-refractivity contribution in [2.45, 2.75) is 51.9 Å². The smallest absolute Gasteiger partial charge is 0.426 e. The summed E-state index contributed by atoms with van der Waals surface area (Å²) in [5.41, 5.74) is 3.34. The van der Waals surface area contributed by atoms with Crippen LogP contribution in [0.4, 0.5) is 4.79 Å². The van der Waals surface area contributed by atoms with E-state index < -0.39 is 32.7 Å². The summed E-state index contributed by atoms with van der Waals surface area (Å²) < 4.78 is 28.2. The summed E-state index contributed by atoms with van der Waals surface area (Å²) in [5.74, 6) is -0.868. The zero-order valence-electron chi connectivity index (χ0n) is 11.9. The molecular formula is C11H22N2O5S. The number of carbonyl (C=O) groups excluding carboxylic acids is 2. The number of sulfone groups is 1. The Morgan fingerprint density at radius 1 is 1.21 bits per heavy atom. The molecule has 0 saturated heterocycles. The van der Waals surface area contributed by atoms with Gasteiger partial charge in [0, 0.05) is 0 Å². The van der Waals surface area contributed by atoms with Gasteiger partial charge in [-0.2, -0.15) is 0 Å². The Hall–Kier alpha value is -1.31. The van der Waals surface area contributed by atoms with Crippen molar-refractivity contribution in [1.82, 2.24) is 10.9 Å². The molecule has 0 aromatic heterocycles. The van der Waals surface area contributed by atoms with Crippen molar-refractivity contribution in [2.75, 3.05) is 5.75 Å². The van der Waals surface area contributed by atoms with Gasteiger partial charge in [-0.25, -0.2) is 18.6 Å². The van der Waals surface area contributed by atoms with Crippen LogP contribution in [0.3, 0.4) is 0 Å². The lowest BCUT2D eigenvalue weighted by Gasteiger charge is -2.20. The fourth-order valence-corrected chi connectivity index (χ4v) is 2.45. The second kappa shape index (κ2) is 6.74. The summed E-state index contributed by atoms with van der Waals surface area (Å²) >= 11 is 0. The molecular weight excluding hydrogens is 272 g/mol. The third kappa shape index (κ3) is 7.00. The molecule has 0 aromatic carbocycles. The van der Waals surface area contributed by atoms with Gasteiger partial charge in [0.25, 0.3) is 5.91 Å². The molecule has 0 spiro atoms. The molecule has 0 fully saturated rings. The molecule has 8 heteroatoms. The van der Waals surface area contributed by atoms with Crippen LogP contribution >= 0.6 is 0 Å². The van der Waals surface area contributed by atoms with Crippen LogP contribution in [-0.4, -0.2) is 37.0 Å². The highest BCUT2D eigenvalue weighted by Crippen LogP contribution is 2.06. The first-order chi connectivity index (χ1) is 8.49. The number of nitrogens with one attached hydrogen (secondary N) is 2. The van der Waals surface area contributed by atoms with Gasteiger partial charge >= 0.3 is 6.09 Å². The SMILES string of the molecule is CCCS(=O)(=O)[C@@H](C)C(=O)NNC(=O)OC(C)(C)C. The summed E-state index contributed by atoms with van der Waals surface area (Å²) in [6.45, 7) is 7.99. The van der Waals surface area contributed by atoms with Gasteiger partial charge in [0.1, 0.15) is 10.9 Å². The van der Waals surface area contributed by atoms with Gasteiger partial charge in [-0.15, -0.1) is 0 Å². The normalized spacial score (nSPS) is 13.5. The van der Waals surface area contributed by atoms with Crippen LogP contribution < -0.4 is 10.9 Å². The van der Waals surface area contributed by atoms with Gasteiger partial charge in [0.05, 0.1) is 5.75 Å². The lowest BCUT2D eigenvalue weighted by atomic mass is 10.2. The van der Waals surface area contributed by atoms with E-state index in [2.05, 4.69) is 0 Å². The van der Waals surface area contributed by atoms with E-state index in [0.717, 1.165) is 0 Å². The van der Waals surface area contributed by atoms with E-state index >= 15 is 0 Å². The molecule has 0 aliphatic heterocycles. The summed E-state index contributed by atoms with van der Waals surface area (Å²) in [6.07, 6.45) is -0.416. The summed E-state index contributed by atoms with van der Waals surface area (Å²) in [5, 5.41) is -1.22. The topological polar surface area (TPSA) is 102 Å². The Morgan fingerprint density at radius 2 is 1.74 bits per heavy atom. The minimum absolute atomic E-state index is 0.0754. The van der Waals surface area contributed by atoms with Crippen molar-refractivity contribution in [3.8, 4) is 0 Å². The van der Waals surface area contributed by atoms with Crippen LogP contribution in [-0.2, 0) is 19.4 Å².